The quantitative estimate of drug-likeness (QED) is 0.378. The van der Waals surface area contributed by atoms with Crippen LogP contribution in [0.3, 0.4) is 0 Å². The van der Waals surface area contributed by atoms with Crippen LogP contribution >= 0.6 is 0 Å². The predicted octanol–water partition coefficient (Wildman–Crippen LogP) is 5.04. The standard InChI is InChI=1S/C30H33F5N6O/c1-19-13-40(8-7-38(19)2)14-20-9-23-24(25(10-20)30(33,34)35)15-41(27(23)42)22-6-4-5-21(11-22)28(16-29(31,32)17-28)12-26-37-36-18-39(26)3/h4-6,9-11,18-19H,7-8,12-17H2,1-3H3/t19-/m1/s1. The Kier molecular flexibility index (Phi) is 6.92. The molecule has 42 heavy (non-hydrogen) atoms. The van der Waals surface area contributed by atoms with Gasteiger partial charge >= 0.3 is 6.18 Å². The summed E-state index contributed by atoms with van der Waals surface area (Å²) in [6.45, 7) is 4.40. The van der Waals surface area contributed by atoms with E-state index in [9.17, 15) is 26.7 Å². The van der Waals surface area contributed by atoms with Crippen molar-refractivity contribution in [1.82, 2.24) is 24.6 Å². The first-order valence-electron chi connectivity index (χ1n) is 14.0. The molecule has 1 aliphatic carbocycles. The number of fused-ring (bicyclic) bond motifs is 1. The minimum Gasteiger partial charge on any atom is -0.321 e. The summed E-state index contributed by atoms with van der Waals surface area (Å²) in [5, 5.41) is 7.94. The van der Waals surface area contributed by atoms with Gasteiger partial charge in [0.05, 0.1) is 12.1 Å². The zero-order valence-corrected chi connectivity index (χ0v) is 23.8. The van der Waals surface area contributed by atoms with Crippen LogP contribution in [-0.4, -0.2) is 69.1 Å². The van der Waals surface area contributed by atoms with E-state index in [1.54, 1.807) is 41.9 Å². The molecule has 0 N–H and O–H groups in total. The average molecular weight is 589 g/mol. The molecule has 1 amide bonds. The Hall–Kier alpha value is -3.38. The molecule has 1 atom stereocenters. The number of rotatable bonds is 6. The van der Waals surface area contributed by atoms with E-state index in [1.165, 1.54) is 17.3 Å². The number of aromatic nitrogens is 3. The maximum Gasteiger partial charge on any atom is 0.416 e. The molecule has 0 bridgehead atoms. The fourth-order valence-electron chi connectivity index (χ4n) is 6.69. The number of alkyl halides is 5. The minimum atomic E-state index is -4.63. The molecule has 12 heteroatoms. The predicted molar refractivity (Wildman–Crippen MR) is 146 cm³/mol. The lowest BCUT2D eigenvalue weighted by molar-refractivity contribution is -0.138. The SMILES string of the molecule is C[C@@H]1CN(Cc2cc3c(c(C(F)(F)F)c2)CN(c2cccc(C4(Cc5nncn5C)CC(F)(F)C4)c2)C3=O)CCN1C. The van der Waals surface area contributed by atoms with Crippen LogP contribution < -0.4 is 4.90 Å². The highest BCUT2D eigenvalue weighted by atomic mass is 19.4. The zero-order valence-electron chi connectivity index (χ0n) is 23.8. The Morgan fingerprint density at radius 2 is 1.83 bits per heavy atom. The van der Waals surface area contributed by atoms with E-state index in [0.29, 0.717) is 29.2 Å². The molecule has 0 unspecified atom stereocenters. The molecule has 3 heterocycles. The van der Waals surface area contributed by atoms with Crippen LogP contribution in [0, 0.1) is 0 Å². The first-order valence-corrected chi connectivity index (χ1v) is 14.0. The van der Waals surface area contributed by atoms with Crippen molar-refractivity contribution in [3.8, 4) is 0 Å². The highest BCUT2D eigenvalue weighted by Crippen LogP contribution is 2.55. The lowest BCUT2D eigenvalue weighted by atomic mass is 9.60. The molecule has 0 spiro atoms. The second kappa shape index (κ2) is 10.1. The van der Waals surface area contributed by atoms with Gasteiger partial charge in [-0.2, -0.15) is 13.2 Å². The summed E-state index contributed by atoms with van der Waals surface area (Å²) in [7, 11) is 3.77. The van der Waals surface area contributed by atoms with E-state index >= 15 is 0 Å². The largest absolute Gasteiger partial charge is 0.416 e. The Balaban J connectivity index is 1.31. The van der Waals surface area contributed by atoms with Gasteiger partial charge in [-0.05, 0) is 54.9 Å². The van der Waals surface area contributed by atoms with Crippen LogP contribution in [0.15, 0.2) is 42.7 Å². The van der Waals surface area contributed by atoms with Crippen LogP contribution in [0.4, 0.5) is 27.6 Å². The van der Waals surface area contributed by atoms with E-state index in [1.807, 2.05) is 7.05 Å². The minimum absolute atomic E-state index is 0.0383. The maximum absolute atomic E-state index is 14.3. The lowest BCUT2D eigenvalue weighted by Crippen LogP contribution is -2.51. The zero-order chi connectivity index (χ0) is 30.0. The summed E-state index contributed by atoms with van der Waals surface area (Å²) in [6.07, 6.45) is -3.68. The van der Waals surface area contributed by atoms with Gasteiger partial charge in [0.1, 0.15) is 12.2 Å². The second-order valence-electron chi connectivity index (χ2n) is 12.2. The number of piperazine rings is 1. The van der Waals surface area contributed by atoms with Crippen molar-refractivity contribution in [2.75, 3.05) is 31.6 Å². The summed E-state index contributed by atoms with van der Waals surface area (Å²) in [6, 6.07) is 9.73. The van der Waals surface area contributed by atoms with Gasteiger partial charge in [-0.1, -0.05) is 12.1 Å². The molecular formula is C30H33F5N6O. The summed E-state index contributed by atoms with van der Waals surface area (Å²) < 4.78 is 73.1. The van der Waals surface area contributed by atoms with Crippen molar-refractivity contribution in [2.45, 2.75) is 62.8 Å². The number of hydrogen-bond acceptors (Lipinski definition) is 5. The number of amides is 1. The number of aryl methyl sites for hydroxylation is 1. The van der Waals surface area contributed by atoms with Gasteiger partial charge in [0.15, 0.2) is 0 Å². The number of carbonyl (C=O) groups is 1. The fourth-order valence-corrected chi connectivity index (χ4v) is 6.69. The van der Waals surface area contributed by atoms with Gasteiger partial charge in [-0.25, -0.2) is 8.78 Å². The van der Waals surface area contributed by atoms with Crippen LogP contribution in [0.5, 0.6) is 0 Å². The van der Waals surface area contributed by atoms with Crippen molar-refractivity contribution in [3.63, 3.8) is 0 Å². The summed E-state index contributed by atoms with van der Waals surface area (Å²) in [5.74, 6) is -2.81. The maximum atomic E-state index is 14.3. The van der Waals surface area contributed by atoms with Crippen LogP contribution in [0.1, 0.15) is 58.2 Å². The van der Waals surface area contributed by atoms with Gasteiger partial charge < -0.3 is 14.4 Å². The molecule has 7 nitrogen and oxygen atoms in total. The normalized spacial score (nSPS) is 22.3. The molecule has 2 aromatic carbocycles. The number of benzene rings is 2. The molecule has 3 aliphatic rings. The van der Waals surface area contributed by atoms with E-state index in [-0.39, 0.29) is 30.1 Å². The fraction of sp³-hybridized carbons (Fsp3) is 0.500. The smallest absolute Gasteiger partial charge is 0.321 e. The first-order chi connectivity index (χ1) is 19.7. The number of nitrogens with zero attached hydrogens (tertiary/aromatic N) is 6. The molecular weight excluding hydrogens is 555 g/mol. The summed E-state index contributed by atoms with van der Waals surface area (Å²) in [5.41, 5.74) is -0.335. The molecule has 224 valence electrons. The number of likely N-dealkylation sites (N-methyl/N-ethyl adjacent to an activating group) is 1. The van der Waals surface area contributed by atoms with Crippen LogP contribution in [-0.2, 0) is 38.1 Å². The third-order valence-corrected chi connectivity index (χ3v) is 9.12. The molecule has 1 saturated carbocycles. The number of carbonyl (C=O) groups excluding carboxylic acids is 1. The molecule has 1 saturated heterocycles. The molecule has 2 fully saturated rings. The number of anilines is 1. The second-order valence-corrected chi connectivity index (χ2v) is 12.2. The monoisotopic (exact) mass is 588 g/mol. The molecule has 3 aromatic rings. The Labute approximate surface area is 240 Å². The van der Waals surface area contributed by atoms with E-state index < -0.39 is 41.8 Å². The van der Waals surface area contributed by atoms with Gasteiger partial charge in [-0.15, -0.1) is 10.2 Å². The van der Waals surface area contributed by atoms with E-state index in [0.717, 1.165) is 19.6 Å². The van der Waals surface area contributed by atoms with Crippen molar-refractivity contribution in [2.24, 2.45) is 7.05 Å². The Bertz CT molecular complexity index is 1510. The van der Waals surface area contributed by atoms with Crippen LogP contribution in [0.2, 0.25) is 0 Å². The molecule has 2 aliphatic heterocycles. The van der Waals surface area contributed by atoms with Crippen molar-refractivity contribution in [3.05, 3.63) is 76.4 Å². The van der Waals surface area contributed by atoms with Gasteiger partial charge in [0.2, 0.25) is 5.92 Å². The summed E-state index contributed by atoms with van der Waals surface area (Å²) in [4.78, 5) is 19.3. The Morgan fingerprint density at radius 1 is 1.07 bits per heavy atom. The van der Waals surface area contributed by atoms with Crippen molar-refractivity contribution < 1.29 is 26.7 Å². The third-order valence-electron chi connectivity index (χ3n) is 9.12. The number of hydrogen-bond donors (Lipinski definition) is 0. The first kappa shape index (κ1) is 28.7. The summed E-state index contributed by atoms with van der Waals surface area (Å²) >= 11 is 0. The molecule has 1 aromatic heterocycles. The average Bonchev–Trinajstić information content (AvgIpc) is 3.46. The van der Waals surface area contributed by atoms with E-state index in [4.69, 9.17) is 0 Å². The topological polar surface area (TPSA) is 57.5 Å². The van der Waals surface area contributed by atoms with Crippen molar-refractivity contribution in [1.29, 1.82) is 0 Å². The van der Waals surface area contributed by atoms with Gasteiger partial charge in [0, 0.05) is 75.2 Å². The van der Waals surface area contributed by atoms with Crippen LogP contribution in [0.25, 0.3) is 0 Å². The van der Waals surface area contributed by atoms with Gasteiger partial charge in [0.25, 0.3) is 5.91 Å². The Morgan fingerprint density at radius 3 is 2.48 bits per heavy atom. The van der Waals surface area contributed by atoms with Crippen molar-refractivity contribution >= 4 is 11.6 Å². The van der Waals surface area contributed by atoms with E-state index in [2.05, 4.69) is 26.9 Å². The molecule has 6 rings (SSSR count). The lowest BCUT2D eigenvalue weighted by Gasteiger charge is -2.48. The molecule has 0 radical (unpaired) electrons. The van der Waals surface area contributed by atoms with Gasteiger partial charge in [-0.3, -0.25) is 9.69 Å². The third kappa shape index (κ3) is 5.19. The highest BCUT2D eigenvalue weighted by molar-refractivity contribution is 6.10. The highest BCUT2D eigenvalue weighted by Gasteiger charge is 2.57. The number of halogens is 5.